The molecule has 1 aliphatic heterocycles. The van der Waals surface area contributed by atoms with Crippen LogP contribution in [0, 0.1) is 12.8 Å². The van der Waals surface area contributed by atoms with Crippen LogP contribution in [0.15, 0.2) is 18.2 Å². The molecule has 2 fully saturated rings. The summed E-state index contributed by atoms with van der Waals surface area (Å²) >= 11 is 6.17. The van der Waals surface area contributed by atoms with Crippen molar-refractivity contribution in [2.24, 2.45) is 5.92 Å². The maximum absolute atomic E-state index is 6.17. The Morgan fingerprint density at radius 3 is 2.52 bits per heavy atom. The van der Waals surface area contributed by atoms with Crippen molar-refractivity contribution in [3.63, 3.8) is 0 Å². The predicted octanol–water partition coefficient (Wildman–Crippen LogP) is 4.18. The van der Waals surface area contributed by atoms with Gasteiger partial charge in [-0.3, -0.25) is 4.90 Å². The van der Waals surface area contributed by atoms with E-state index in [4.69, 9.17) is 11.6 Å². The lowest BCUT2D eigenvalue weighted by atomic mass is 9.79. The minimum atomic E-state index is 0.588. The molecule has 0 spiro atoms. The van der Waals surface area contributed by atoms with Gasteiger partial charge in [0, 0.05) is 37.2 Å². The monoisotopic (exact) mass is 306 g/mol. The summed E-state index contributed by atoms with van der Waals surface area (Å²) in [6.45, 7) is 6.80. The molecule has 116 valence electrons. The number of rotatable bonds is 3. The van der Waals surface area contributed by atoms with E-state index in [-0.39, 0.29) is 0 Å². The van der Waals surface area contributed by atoms with Gasteiger partial charge in [-0.15, -0.1) is 0 Å². The van der Waals surface area contributed by atoms with Crippen molar-refractivity contribution in [1.29, 1.82) is 0 Å². The number of nitrogens with zero attached hydrogens (tertiary/aromatic N) is 1. The lowest BCUT2D eigenvalue weighted by Gasteiger charge is -2.41. The Balaban J connectivity index is 1.89. The van der Waals surface area contributed by atoms with Gasteiger partial charge in [0.25, 0.3) is 0 Å². The van der Waals surface area contributed by atoms with Gasteiger partial charge in [0.1, 0.15) is 0 Å². The average molecular weight is 307 g/mol. The summed E-state index contributed by atoms with van der Waals surface area (Å²) < 4.78 is 0. The minimum absolute atomic E-state index is 0.588. The second-order valence-corrected chi connectivity index (χ2v) is 7.07. The van der Waals surface area contributed by atoms with Crippen LogP contribution < -0.4 is 5.32 Å². The number of benzene rings is 1. The SMILES string of the molecule is Cc1cc(Cl)ccc1[C@@H](C1CCCCC1)N1CCNCC1. The van der Waals surface area contributed by atoms with Gasteiger partial charge < -0.3 is 5.32 Å². The molecule has 2 nitrogen and oxygen atoms in total. The van der Waals surface area contributed by atoms with Crippen molar-refractivity contribution in [3.05, 3.63) is 34.3 Å². The van der Waals surface area contributed by atoms with Gasteiger partial charge in [0.2, 0.25) is 0 Å². The molecule has 0 aromatic heterocycles. The summed E-state index contributed by atoms with van der Waals surface area (Å²) in [5.41, 5.74) is 2.87. The van der Waals surface area contributed by atoms with E-state index >= 15 is 0 Å². The highest BCUT2D eigenvalue weighted by atomic mass is 35.5. The standard InChI is InChI=1S/C18H27ClN2/c1-14-13-16(19)7-8-17(14)18(15-5-3-2-4-6-15)21-11-9-20-10-12-21/h7-8,13,15,18,20H,2-6,9-12H2,1H3/t18-/m1/s1. The summed E-state index contributed by atoms with van der Waals surface area (Å²) in [6.07, 6.45) is 7.00. The third kappa shape index (κ3) is 3.61. The fourth-order valence-electron chi connectivity index (χ4n) is 4.13. The maximum atomic E-state index is 6.17. The molecule has 21 heavy (non-hydrogen) atoms. The molecule has 0 radical (unpaired) electrons. The van der Waals surface area contributed by atoms with Crippen LogP contribution in [0.25, 0.3) is 0 Å². The molecule has 1 aromatic rings. The minimum Gasteiger partial charge on any atom is -0.314 e. The van der Waals surface area contributed by atoms with Gasteiger partial charge in [-0.2, -0.15) is 0 Å². The second kappa shape index (κ2) is 7.13. The first kappa shape index (κ1) is 15.3. The highest BCUT2D eigenvalue weighted by molar-refractivity contribution is 6.30. The van der Waals surface area contributed by atoms with E-state index in [1.807, 2.05) is 0 Å². The first-order valence-electron chi connectivity index (χ1n) is 8.46. The van der Waals surface area contributed by atoms with E-state index in [0.29, 0.717) is 6.04 Å². The van der Waals surface area contributed by atoms with Crippen LogP contribution in [-0.4, -0.2) is 31.1 Å². The van der Waals surface area contributed by atoms with Gasteiger partial charge in [0.15, 0.2) is 0 Å². The second-order valence-electron chi connectivity index (χ2n) is 6.63. The molecule has 0 bridgehead atoms. The lowest BCUT2D eigenvalue weighted by molar-refractivity contribution is 0.103. The normalized spacial score (nSPS) is 23.1. The number of halogens is 1. The zero-order valence-electron chi connectivity index (χ0n) is 13.1. The van der Waals surface area contributed by atoms with Crippen molar-refractivity contribution in [2.45, 2.75) is 45.1 Å². The molecule has 2 aliphatic rings. The zero-order valence-corrected chi connectivity index (χ0v) is 13.8. The molecule has 1 heterocycles. The van der Waals surface area contributed by atoms with Gasteiger partial charge in [-0.25, -0.2) is 0 Å². The van der Waals surface area contributed by atoms with E-state index in [9.17, 15) is 0 Å². The first-order valence-corrected chi connectivity index (χ1v) is 8.84. The largest absolute Gasteiger partial charge is 0.314 e. The third-order valence-electron chi connectivity index (χ3n) is 5.19. The van der Waals surface area contributed by atoms with Crippen molar-refractivity contribution in [2.75, 3.05) is 26.2 Å². The number of hydrogen-bond acceptors (Lipinski definition) is 2. The molecule has 1 saturated heterocycles. The summed E-state index contributed by atoms with van der Waals surface area (Å²) in [5, 5.41) is 4.35. The van der Waals surface area contributed by atoms with Crippen LogP contribution in [0.5, 0.6) is 0 Å². The van der Waals surface area contributed by atoms with E-state index < -0.39 is 0 Å². The molecule has 0 unspecified atom stereocenters. The predicted molar refractivity (Wildman–Crippen MR) is 89.9 cm³/mol. The number of piperazine rings is 1. The van der Waals surface area contributed by atoms with Crippen LogP contribution in [0.2, 0.25) is 5.02 Å². The molecule has 3 heteroatoms. The molecule has 0 amide bonds. The van der Waals surface area contributed by atoms with E-state index in [1.54, 1.807) is 0 Å². The molecular formula is C18H27ClN2. The average Bonchev–Trinajstić information content (AvgIpc) is 2.52. The topological polar surface area (TPSA) is 15.3 Å². The first-order chi connectivity index (χ1) is 10.3. The molecule has 1 N–H and O–H groups in total. The van der Waals surface area contributed by atoms with Crippen LogP contribution in [0.4, 0.5) is 0 Å². The fraction of sp³-hybridized carbons (Fsp3) is 0.667. The summed E-state index contributed by atoms with van der Waals surface area (Å²) in [4.78, 5) is 2.71. The number of nitrogens with one attached hydrogen (secondary N) is 1. The van der Waals surface area contributed by atoms with Crippen LogP contribution in [0.3, 0.4) is 0 Å². The van der Waals surface area contributed by atoms with Gasteiger partial charge in [-0.05, 0) is 48.9 Å². The number of aryl methyl sites for hydroxylation is 1. The van der Waals surface area contributed by atoms with E-state index in [2.05, 4.69) is 35.3 Å². The van der Waals surface area contributed by atoms with Gasteiger partial charge in [-0.1, -0.05) is 36.9 Å². The van der Waals surface area contributed by atoms with Crippen molar-refractivity contribution in [3.8, 4) is 0 Å². The maximum Gasteiger partial charge on any atom is 0.0408 e. The molecular weight excluding hydrogens is 280 g/mol. The molecule has 3 rings (SSSR count). The third-order valence-corrected chi connectivity index (χ3v) is 5.43. The summed E-state index contributed by atoms with van der Waals surface area (Å²) in [5.74, 6) is 0.816. The lowest BCUT2D eigenvalue weighted by Crippen LogP contribution is -2.47. The van der Waals surface area contributed by atoms with Crippen LogP contribution in [0.1, 0.15) is 49.3 Å². The molecule has 1 saturated carbocycles. The Hall–Kier alpha value is -0.570. The van der Waals surface area contributed by atoms with Crippen molar-refractivity contribution >= 4 is 11.6 Å². The van der Waals surface area contributed by atoms with Crippen LogP contribution >= 0.6 is 11.6 Å². The number of hydrogen-bond donors (Lipinski definition) is 1. The highest BCUT2D eigenvalue weighted by Crippen LogP contribution is 2.40. The molecule has 1 aliphatic carbocycles. The molecule has 1 aromatic carbocycles. The Morgan fingerprint density at radius 1 is 1.14 bits per heavy atom. The van der Waals surface area contributed by atoms with E-state index in [0.717, 1.165) is 24.0 Å². The zero-order chi connectivity index (χ0) is 14.7. The Labute approximate surface area is 133 Å². The fourth-order valence-corrected chi connectivity index (χ4v) is 4.36. The van der Waals surface area contributed by atoms with Gasteiger partial charge in [0.05, 0.1) is 0 Å². The summed E-state index contributed by atoms with van der Waals surface area (Å²) in [6, 6.07) is 7.07. The van der Waals surface area contributed by atoms with Crippen molar-refractivity contribution in [1.82, 2.24) is 10.2 Å². The van der Waals surface area contributed by atoms with Crippen molar-refractivity contribution < 1.29 is 0 Å². The smallest absolute Gasteiger partial charge is 0.0408 e. The van der Waals surface area contributed by atoms with Gasteiger partial charge >= 0.3 is 0 Å². The molecule has 1 atom stereocenters. The van der Waals surface area contributed by atoms with E-state index in [1.165, 1.54) is 56.3 Å². The quantitative estimate of drug-likeness (QED) is 0.901. The Bertz CT molecular complexity index is 444. The highest BCUT2D eigenvalue weighted by Gasteiger charge is 2.31. The Kier molecular flexibility index (Phi) is 5.20. The summed E-state index contributed by atoms with van der Waals surface area (Å²) in [7, 11) is 0. The Morgan fingerprint density at radius 2 is 1.86 bits per heavy atom. The van der Waals surface area contributed by atoms with Crippen LogP contribution in [-0.2, 0) is 0 Å².